The first-order chi connectivity index (χ1) is 26.6. The van der Waals surface area contributed by atoms with E-state index < -0.39 is 0 Å². The van der Waals surface area contributed by atoms with Crippen molar-refractivity contribution in [2.45, 2.75) is 44.4 Å². The van der Waals surface area contributed by atoms with Gasteiger partial charge < -0.3 is 4.74 Å². The van der Waals surface area contributed by atoms with Crippen LogP contribution in [0.15, 0.2) is 152 Å². The number of hydrogen-bond acceptors (Lipinski definition) is 3. The molecule has 264 valence electrons. The average molecular weight is 703 g/mol. The highest BCUT2D eigenvalue weighted by Crippen LogP contribution is 2.65. The number of ether oxygens (including phenoxy) is 1. The Morgan fingerprint density at radius 3 is 2.15 bits per heavy atom. The van der Waals surface area contributed by atoms with E-state index in [4.69, 9.17) is 14.7 Å². The lowest BCUT2D eigenvalue weighted by Gasteiger charge is -2.62. The minimum absolute atomic E-state index is 0.00604. The lowest BCUT2D eigenvalue weighted by molar-refractivity contribution is -0.0418. The number of benzene rings is 5. The van der Waals surface area contributed by atoms with Crippen molar-refractivity contribution in [1.29, 1.82) is 0 Å². The van der Waals surface area contributed by atoms with Gasteiger partial charge in [-0.15, -0.1) is 0 Å². The van der Waals surface area contributed by atoms with Gasteiger partial charge in [-0.05, 0) is 128 Å². The molecule has 0 atom stereocenters. The molecule has 3 aromatic heterocycles. The molecular formula is C49H42N4O. The van der Waals surface area contributed by atoms with Crippen LogP contribution in [0.1, 0.15) is 48.8 Å². The molecule has 8 aromatic rings. The van der Waals surface area contributed by atoms with Gasteiger partial charge in [0.2, 0.25) is 0 Å². The number of pyridine rings is 1. The van der Waals surface area contributed by atoms with Crippen LogP contribution in [0.2, 0.25) is 0 Å². The first-order valence-corrected chi connectivity index (χ1v) is 19.6. The van der Waals surface area contributed by atoms with E-state index in [0.717, 1.165) is 57.3 Å². The minimum atomic E-state index is 0.00604. The third-order valence-electron chi connectivity index (χ3n) is 13.1. The second kappa shape index (κ2) is 12.3. The molecule has 3 heterocycles. The van der Waals surface area contributed by atoms with E-state index in [1.807, 2.05) is 42.7 Å². The van der Waals surface area contributed by atoms with Gasteiger partial charge in [0, 0.05) is 52.1 Å². The molecule has 0 amide bonds. The number of nitrogens with zero attached hydrogens (tertiary/aromatic N) is 4. The zero-order valence-corrected chi connectivity index (χ0v) is 30.5. The first kappa shape index (κ1) is 31.6. The Morgan fingerprint density at radius 2 is 1.33 bits per heavy atom. The molecule has 0 radical (unpaired) electrons. The Morgan fingerprint density at radius 1 is 0.593 bits per heavy atom. The lowest BCUT2D eigenvalue weighted by atomic mass is 9.42. The van der Waals surface area contributed by atoms with Crippen molar-refractivity contribution in [2.24, 2.45) is 23.7 Å². The van der Waals surface area contributed by atoms with E-state index in [1.165, 1.54) is 59.6 Å². The number of fused-ring (bicyclic) bond motifs is 3. The molecule has 12 rings (SSSR count). The van der Waals surface area contributed by atoms with Crippen LogP contribution in [0, 0.1) is 30.6 Å². The Kier molecular flexibility index (Phi) is 7.20. The Hall–Kier alpha value is -5.94. The fourth-order valence-corrected chi connectivity index (χ4v) is 11.1. The van der Waals surface area contributed by atoms with Gasteiger partial charge in [0.1, 0.15) is 23.1 Å². The second-order valence-electron chi connectivity index (χ2n) is 16.1. The highest BCUT2D eigenvalue weighted by atomic mass is 16.5. The maximum absolute atomic E-state index is 6.65. The molecule has 0 saturated heterocycles. The Labute approximate surface area is 315 Å². The molecule has 5 nitrogen and oxygen atoms in total. The highest BCUT2D eigenvalue weighted by molar-refractivity contribution is 6.09. The third kappa shape index (κ3) is 4.91. The number of para-hydroxylation sites is 2. The van der Waals surface area contributed by atoms with E-state index >= 15 is 0 Å². The molecule has 5 heteroatoms. The van der Waals surface area contributed by atoms with Crippen LogP contribution in [0.5, 0.6) is 11.5 Å². The summed E-state index contributed by atoms with van der Waals surface area (Å²) in [6.45, 7) is 2.20. The standard InChI is InChI=1S/C49H42N4O/c1-32-14-16-36(17-15-32)49(38-25-33-24-34(27-38)28-39(49)26-33)37-20-21-50-47(30-37)53-45-13-6-5-12-43(45)44-19-18-42(31-46(44)53)54-41-11-7-8-35(29-41)48-51-22-23-52(48)40-9-3-2-4-10-40/h2-23,29-31,33-34,38-39H,24-28H2,1H3. The monoisotopic (exact) mass is 702 g/mol. The van der Waals surface area contributed by atoms with E-state index in [9.17, 15) is 0 Å². The molecule has 5 aromatic carbocycles. The quantitative estimate of drug-likeness (QED) is 0.166. The van der Waals surface area contributed by atoms with Crippen LogP contribution in [-0.2, 0) is 5.41 Å². The smallest absolute Gasteiger partial charge is 0.144 e. The summed E-state index contributed by atoms with van der Waals surface area (Å²) in [7, 11) is 0. The van der Waals surface area contributed by atoms with Crippen LogP contribution in [-0.4, -0.2) is 19.1 Å². The molecular weight excluding hydrogens is 661 g/mol. The lowest BCUT2D eigenvalue weighted by Crippen LogP contribution is -2.56. The van der Waals surface area contributed by atoms with Gasteiger partial charge in [-0.25, -0.2) is 9.97 Å². The molecule has 4 aliphatic carbocycles. The number of hydrogen-bond donors (Lipinski definition) is 0. The number of imidazole rings is 1. The first-order valence-electron chi connectivity index (χ1n) is 19.6. The largest absolute Gasteiger partial charge is 0.457 e. The number of aryl methyl sites for hydroxylation is 1. The topological polar surface area (TPSA) is 44.9 Å². The van der Waals surface area contributed by atoms with Crippen molar-refractivity contribution in [3.63, 3.8) is 0 Å². The normalized spacial score (nSPS) is 23.0. The van der Waals surface area contributed by atoms with Crippen molar-refractivity contribution in [3.8, 4) is 34.4 Å². The van der Waals surface area contributed by atoms with Gasteiger partial charge in [0.05, 0.1) is 11.0 Å². The Balaban J connectivity index is 1.01. The maximum atomic E-state index is 6.65. The molecule has 4 saturated carbocycles. The van der Waals surface area contributed by atoms with Crippen LogP contribution >= 0.6 is 0 Å². The number of aromatic nitrogens is 4. The van der Waals surface area contributed by atoms with Gasteiger partial charge in [-0.3, -0.25) is 9.13 Å². The fourth-order valence-electron chi connectivity index (χ4n) is 11.1. The van der Waals surface area contributed by atoms with Crippen molar-refractivity contribution < 1.29 is 4.74 Å². The highest BCUT2D eigenvalue weighted by Gasteiger charge is 2.58. The molecule has 0 spiro atoms. The molecule has 4 bridgehead atoms. The van der Waals surface area contributed by atoms with Crippen molar-refractivity contribution >= 4 is 21.8 Å². The summed E-state index contributed by atoms with van der Waals surface area (Å²) in [4.78, 5) is 9.84. The van der Waals surface area contributed by atoms with Crippen molar-refractivity contribution in [3.05, 3.63) is 169 Å². The van der Waals surface area contributed by atoms with Crippen LogP contribution < -0.4 is 4.74 Å². The van der Waals surface area contributed by atoms with E-state index in [2.05, 4.69) is 125 Å². The van der Waals surface area contributed by atoms with Crippen LogP contribution in [0.4, 0.5) is 0 Å². The van der Waals surface area contributed by atoms with Gasteiger partial charge in [-0.1, -0.05) is 78.4 Å². The molecule has 0 N–H and O–H groups in total. The zero-order valence-electron chi connectivity index (χ0n) is 30.5. The SMILES string of the molecule is Cc1ccc(C2(c3ccnc(-n4c5ccccc5c5ccc(Oc6cccc(-c7nccn7-c7ccccc7)c6)cc54)c3)C3CC4CC(C3)CC2C4)cc1. The summed E-state index contributed by atoms with van der Waals surface area (Å²) >= 11 is 0. The molecule has 0 unspecified atom stereocenters. The Bertz CT molecular complexity index is 2640. The van der Waals surface area contributed by atoms with Gasteiger partial charge >= 0.3 is 0 Å². The van der Waals surface area contributed by atoms with E-state index in [0.29, 0.717) is 11.8 Å². The number of rotatable bonds is 7. The summed E-state index contributed by atoms with van der Waals surface area (Å²) < 4.78 is 11.1. The van der Waals surface area contributed by atoms with Gasteiger partial charge in [0.25, 0.3) is 0 Å². The van der Waals surface area contributed by atoms with Gasteiger partial charge in [0.15, 0.2) is 0 Å². The zero-order chi connectivity index (χ0) is 35.8. The van der Waals surface area contributed by atoms with Crippen molar-refractivity contribution in [1.82, 2.24) is 19.1 Å². The minimum Gasteiger partial charge on any atom is -0.457 e. The van der Waals surface area contributed by atoms with Gasteiger partial charge in [-0.2, -0.15) is 0 Å². The second-order valence-corrected chi connectivity index (χ2v) is 16.1. The summed E-state index contributed by atoms with van der Waals surface area (Å²) in [5.74, 6) is 6.46. The average Bonchev–Trinajstić information content (AvgIpc) is 3.82. The fraction of sp³-hybridized carbons (Fsp3) is 0.224. The predicted octanol–water partition coefficient (Wildman–Crippen LogP) is 11.9. The van der Waals surface area contributed by atoms with Crippen molar-refractivity contribution in [2.75, 3.05) is 0 Å². The molecule has 0 aliphatic heterocycles. The van der Waals surface area contributed by atoms with E-state index in [1.54, 1.807) is 0 Å². The predicted molar refractivity (Wildman–Crippen MR) is 217 cm³/mol. The van der Waals surface area contributed by atoms with Crippen LogP contribution in [0.3, 0.4) is 0 Å². The third-order valence-corrected chi connectivity index (χ3v) is 13.1. The molecule has 4 aliphatic rings. The summed E-state index contributed by atoms with van der Waals surface area (Å²) in [6.07, 6.45) is 12.7. The molecule has 54 heavy (non-hydrogen) atoms. The summed E-state index contributed by atoms with van der Waals surface area (Å²) in [5, 5.41) is 2.40. The van der Waals surface area contributed by atoms with E-state index in [-0.39, 0.29) is 5.41 Å². The van der Waals surface area contributed by atoms with Crippen LogP contribution in [0.25, 0.3) is 44.7 Å². The summed E-state index contributed by atoms with van der Waals surface area (Å²) in [6, 6.07) is 48.0. The summed E-state index contributed by atoms with van der Waals surface area (Å²) in [5.41, 5.74) is 8.54. The maximum Gasteiger partial charge on any atom is 0.144 e. The molecule has 4 fully saturated rings.